The van der Waals surface area contributed by atoms with Crippen molar-refractivity contribution in [1.29, 1.82) is 0 Å². The summed E-state index contributed by atoms with van der Waals surface area (Å²) < 4.78 is 0. The van der Waals surface area contributed by atoms with Crippen LogP contribution in [-0.2, 0) is 4.79 Å². The van der Waals surface area contributed by atoms with Crippen LogP contribution in [0, 0.1) is 11.8 Å². The molecule has 3 rings (SSSR count). The minimum atomic E-state index is -1.54. The van der Waals surface area contributed by atoms with E-state index >= 15 is 0 Å². The van der Waals surface area contributed by atoms with Gasteiger partial charge in [0.2, 0.25) is 0 Å². The number of imide groups is 1. The highest BCUT2D eigenvalue weighted by molar-refractivity contribution is 6.23. The van der Waals surface area contributed by atoms with Crippen LogP contribution < -0.4 is 5.48 Å². The summed E-state index contributed by atoms with van der Waals surface area (Å²) in [4.78, 5) is 37.7. The van der Waals surface area contributed by atoms with Crippen LogP contribution in [0.15, 0.2) is 48.5 Å². The van der Waals surface area contributed by atoms with E-state index in [1.54, 1.807) is 6.07 Å². The quantitative estimate of drug-likeness (QED) is 0.325. The minimum Gasteiger partial charge on any atom is -0.391 e. The van der Waals surface area contributed by atoms with Crippen LogP contribution in [-0.4, -0.2) is 45.1 Å². The number of fused-ring (bicyclic) bond motifs is 1. The molecule has 0 aliphatic carbocycles. The molecule has 136 valence electrons. The molecule has 0 saturated carbocycles. The monoisotopic (exact) mass is 364 g/mol. The predicted octanol–water partition coefficient (Wildman–Crippen LogP) is 0.937. The van der Waals surface area contributed by atoms with E-state index in [-0.39, 0.29) is 11.1 Å². The van der Waals surface area contributed by atoms with Crippen LogP contribution in [0.4, 0.5) is 0 Å². The number of hydrogen-bond donors (Lipinski definition) is 3. The van der Waals surface area contributed by atoms with Gasteiger partial charge in [0.15, 0.2) is 0 Å². The van der Waals surface area contributed by atoms with Crippen LogP contribution in [0.5, 0.6) is 0 Å². The molecule has 0 fully saturated rings. The summed E-state index contributed by atoms with van der Waals surface area (Å²) in [6, 6.07) is 12.3. The Morgan fingerprint density at radius 1 is 1.00 bits per heavy atom. The van der Waals surface area contributed by atoms with Crippen molar-refractivity contribution in [2.24, 2.45) is 0 Å². The average molecular weight is 364 g/mol. The Morgan fingerprint density at radius 2 is 1.63 bits per heavy atom. The first-order valence-electron chi connectivity index (χ1n) is 8.15. The molecule has 3 N–H and O–H groups in total. The summed E-state index contributed by atoms with van der Waals surface area (Å²) in [5, 5.41) is 18.7. The second-order valence-electron chi connectivity index (χ2n) is 6.02. The van der Waals surface area contributed by atoms with Crippen molar-refractivity contribution in [3.05, 3.63) is 70.8 Å². The van der Waals surface area contributed by atoms with Gasteiger partial charge in [-0.05, 0) is 37.3 Å². The van der Waals surface area contributed by atoms with Gasteiger partial charge in [0.1, 0.15) is 6.04 Å². The summed E-state index contributed by atoms with van der Waals surface area (Å²) >= 11 is 0. The second kappa shape index (κ2) is 7.41. The molecule has 1 aliphatic rings. The maximum Gasteiger partial charge on any atom is 0.269 e. The van der Waals surface area contributed by atoms with Crippen LogP contribution in [0.2, 0.25) is 0 Å². The zero-order valence-corrected chi connectivity index (χ0v) is 14.3. The summed E-state index contributed by atoms with van der Waals surface area (Å²) in [5.74, 6) is 3.39. The number of rotatable bonds is 3. The molecule has 2 aromatic rings. The minimum absolute atomic E-state index is 0.0938. The van der Waals surface area contributed by atoms with E-state index in [2.05, 4.69) is 11.8 Å². The van der Waals surface area contributed by atoms with Crippen molar-refractivity contribution in [2.45, 2.75) is 19.1 Å². The molecule has 7 heteroatoms. The van der Waals surface area contributed by atoms with Gasteiger partial charge in [0.05, 0.1) is 17.2 Å². The van der Waals surface area contributed by atoms with Crippen LogP contribution >= 0.6 is 0 Å². The van der Waals surface area contributed by atoms with Crippen molar-refractivity contribution in [3.8, 4) is 11.8 Å². The Bertz CT molecular complexity index is 973. The fraction of sp³-hybridized carbons (Fsp3) is 0.150. The van der Waals surface area contributed by atoms with Gasteiger partial charge in [-0.3, -0.25) is 24.5 Å². The maximum absolute atomic E-state index is 12.7. The molecule has 0 spiro atoms. The number of carbonyl (C=O) groups excluding carboxylic acids is 3. The topological polar surface area (TPSA) is 107 Å². The van der Waals surface area contributed by atoms with Crippen molar-refractivity contribution < 1.29 is 24.7 Å². The summed E-state index contributed by atoms with van der Waals surface area (Å²) in [5.41, 5.74) is 2.91. The van der Waals surface area contributed by atoms with Crippen LogP contribution in [0.25, 0.3) is 0 Å². The third-order valence-corrected chi connectivity index (χ3v) is 4.16. The summed E-state index contributed by atoms with van der Waals surface area (Å²) in [7, 11) is 0. The normalized spacial score (nSPS) is 14.9. The zero-order chi connectivity index (χ0) is 19.6. The standard InChI is InChI=1S/C20H16N2O5/c1-12(23)17(18(24)21-27)22-19(25)15-10-9-14(11-16(15)20(22)26)8-7-13-5-3-2-4-6-13/h2-6,9-12,17,23,27H,1H3,(H,21,24)/t12-,17+/m1/s1. The molecular weight excluding hydrogens is 348 g/mol. The highest BCUT2D eigenvalue weighted by atomic mass is 16.5. The van der Waals surface area contributed by atoms with Gasteiger partial charge < -0.3 is 5.11 Å². The van der Waals surface area contributed by atoms with Crippen molar-refractivity contribution in [1.82, 2.24) is 10.4 Å². The number of nitrogens with one attached hydrogen (secondary N) is 1. The maximum atomic E-state index is 12.7. The lowest BCUT2D eigenvalue weighted by Crippen LogP contribution is -2.54. The third kappa shape index (κ3) is 3.44. The molecule has 2 atom stereocenters. The molecule has 0 radical (unpaired) electrons. The largest absolute Gasteiger partial charge is 0.391 e. The molecule has 0 saturated heterocycles. The number of hydrogen-bond acceptors (Lipinski definition) is 5. The number of aliphatic hydroxyl groups is 1. The van der Waals surface area contributed by atoms with Gasteiger partial charge in [-0.1, -0.05) is 30.0 Å². The van der Waals surface area contributed by atoms with E-state index < -0.39 is 29.9 Å². The number of carbonyl (C=O) groups is 3. The highest BCUT2D eigenvalue weighted by Gasteiger charge is 2.44. The van der Waals surface area contributed by atoms with Gasteiger partial charge >= 0.3 is 0 Å². The molecule has 0 aromatic heterocycles. The van der Waals surface area contributed by atoms with E-state index in [0.717, 1.165) is 5.56 Å². The zero-order valence-electron chi connectivity index (χ0n) is 14.3. The van der Waals surface area contributed by atoms with Gasteiger partial charge in [0.25, 0.3) is 17.7 Å². The molecule has 1 aliphatic heterocycles. The number of hydroxylamine groups is 1. The van der Waals surface area contributed by atoms with E-state index in [0.29, 0.717) is 10.5 Å². The lowest BCUT2D eigenvalue weighted by Gasteiger charge is -2.26. The molecule has 0 bridgehead atoms. The van der Waals surface area contributed by atoms with Crippen LogP contribution in [0.1, 0.15) is 38.8 Å². The van der Waals surface area contributed by atoms with Crippen LogP contribution in [0.3, 0.4) is 0 Å². The van der Waals surface area contributed by atoms with Gasteiger partial charge in [-0.25, -0.2) is 5.48 Å². The predicted molar refractivity (Wildman–Crippen MR) is 94.8 cm³/mol. The van der Waals surface area contributed by atoms with Crippen molar-refractivity contribution in [2.75, 3.05) is 0 Å². The Labute approximate surface area is 155 Å². The van der Waals surface area contributed by atoms with Crippen molar-refractivity contribution in [3.63, 3.8) is 0 Å². The number of amides is 3. The van der Waals surface area contributed by atoms with E-state index in [4.69, 9.17) is 5.21 Å². The molecule has 27 heavy (non-hydrogen) atoms. The fourth-order valence-electron chi connectivity index (χ4n) is 2.87. The second-order valence-corrected chi connectivity index (χ2v) is 6.02. The van der Waals surface area contributed by atoms with Gasteiger partial charge in [0, 0.05) is 11.1 Å². The third-order valence-electron chi connectivity index (χ3n) is 4.16. The molecule has 2 aromatic carbocycles. The van der Waals surface area contributed by atoms with Gasteiger partial charge in [-0.2, -0.15) is 0 Å². The smallest absolute Gasteiger partial charge is 0.269 e. The Balaban J connectivity index is 1.95. The first-order chi connectivity index (χ1) is 12.9. The number of aliphatic hydroxyl groups excluding tert-OH is 1. The number of benzene rings is 2. The highest BCUT2D eigenvalue weighted by Crippen LogP contribution is 2.27. The Kier molecular flexibility index (Phi) is 5.03. The number of nitrogens with zero attached hydrogens (tertiary/aromatic N) is 1. The fourth-order valence-corrected chi connectivity index (χ4v) is 2.87. The van der Waals surface area contributed by atoms with Gasteiger partial charge in [-0.15, -0.1) is 0 Å². The summed E-state index contributed by atoms with van der Waals surface area (Å²) in [6.45, 7) is 1.25. The Hall–Kier alpha value is -3.47. The van der Waals surface area contributed by atoms with E-state index in [9.17, 15) is 19.5 Å². The van der Waals surface area contributed by atoms with E-state index in [1.807, 2.05) is 30.3 Å². The van der Waals surface area contributed by atoms with E-state index in [1.165, 1.54) is 24.5 Å². The first kappa shape index (κ1) is 18.3. The molecule has 0 unspecified atom stereocenters. The Morgan fingerprint density at radius 3 is 2.26 bits per heavy atom. The molecule has 3 amide bonds. The SMILES string of the molecule is C[C@@H](O)[C@@H](C(=O)NO)N1C(=O)c2ccc(C#Cc3ccccc3)cc2C1=O. The molecule has 7 nitrogen and oxygen atoms in total. The summed E-state index contributed by atoms with van der Waals surface area (Å²) in [6.07, 6.45) is -1.36. The van der Waals surface area contributed by atoms with Crippen molar-refractivity contribution >= 4 is 17.7 Å². The lowest BCUT2D eigenvalue weighted by atomic mass is 10.1. The molecule has 1 heterocycles. The lowest BCUT2D eigenvalue weighted by molar-refractivity contribution is -0.136. The average Bonchev–Trinajstić information content (AvgIpc) is 2.91. The first-order valence-corrected chi connectivity index (χ1v) is 8.15. The molecular formula is C20H16N2O5.